The molecule has 0 aromatic carbocycles. The predicted octanol–water partition coefficient (Wildman–Crippen LogP) is 1.08. The van der Waals surface area contributed by atoms with E-state index in [4.69, 9.17) is 0 Å². The van der Waals surface area contributed by atoms with Gasteiger partial charge in [0.2, 0.25) is 0 Å². The van der Waals surface area contributed by atoms with Gasteiger partial charge in [-0.3, -0.25) is 4.68 Å². The highest BCUT2D eigenvalue weighted by Crippen LogP contribution is 2.26. The highest BCUT2D eigenvalue weighted by atomic mass is 32.2. The number of hydrogen-bond donors (Lipinski definition) is 2. The minimum Gasteiger partial charge on any atom is -0.389 e. The molecule has 5 heteroatoms. The van der Waals surface area contributed by atoms with Gasteiger partial charge in [-0.25, -0.2) is 0 Å². The standard InChI is InChI=1S/C12H21N3OS/c1-10-11(8-15(2)14-10)7-13-9-12(16)3-5-17-6-4-12/h8,13,16H,3-7,9H2,1-2H3. The van der Waals surface area contributed by atoms with E-state index in [1.807, 2.05) is 36.6 Å². The Labute approximate surface area is 107 Å². The molecule has 4 nitrogen and oxygen atoms in total. The summed E-state index contributed by atoms with van der Waals surface area (Å²) in [7, 11) is 1.93. The van der Waals surface area contributed by atoms with Gasteiger partial charge in [0, 0.05) is 31.9 Å². The molecule has 0 spiro atoms. The van der Waals surface area contributed by atoms with Crippen LogP contribution in [-0.4, -0.2) is 38.5 Å². The molecule has 0 unspecified atom stereocenters. The lowest BCUT2D eigenvalue weighted by molar-refractivity contribution is 0.0320. The van der Waals surface area contributed by atoms with Crippen LogP contribution in [-0.2, 0) is 13.6 Å². The van der Waals surface area contributed by atoms with Gasteiger partial charge in [-0.1, -0.05) is 0 Å². The SMILES string of the molecule is Cc1nn(C)cc1CNCC1(O)CCSCC1. The first-order chi connectivity index (χ1) is 8.09. The van der Waals surface area contributed by atoms with Gasteiger partial charge >= 0.3 is 0 Å². The minimum atomic E-state index is -0.499. The zero-order chi connectivity index (χ0) is 12.3. The first kappa shape index (κ1) is 12.9. The quantitative estimate of drug-likeness (QED) is 0.845. The van der Waals surface area contributed by atoms with Crippen LogP contribution in [0.4, 0.5) is 0 Å². The Balaban J connectivity index is 1.81. The van der Waals surface area contributed by atoms with Crippen molar-refractivity contribution in [1.29, 1.82) is 0 Å². The molecule has 0 radical (unpaired) electrons. The van der Waals surface area contributed by atoms with Gasteiger partial charge in [0.1, 0.15) is 0 Å². The average molecular weight is 255 g/mol. The van der Waals surface area contributed by atoms with Crippen molar-refractivity contribution in [3.63, 3.8) is 0 Å². The van der Waals surface area contributed by atoms with Crippen molar-refractivity contribution in [2.24, 2.45) is 7.05 Å². The van der Waals surface area contributed by atoms with Gasteiger partial charge in [-0.2, -0.15) is 16.9 Å². The average Bonchev–Trinajstić information content (AvgIpc) is 2.58. The van der Waals surface area contributed by atoms with Crippen LogP contribution in [0.3, 0.4) is 0 Å². The Kier molecular flexibility index (Phi) is 4.12. The van der Waals surface area contributed by atoms with Crippen molar-refractivity contribution in [3.05, 3.63) is 17.5 Å². The summed E-state index contributed by atoms with van der Waals surface area (Å²) < 4.78 is 1.83. The molecule has 96 valence electrons. The Hall–Kier alpha value is -0.520. The van der Waals surface area contributed by atoms with Gasteiger partial charge in [-0.05, 0) is 31.3 Å². The van der Waals surface area contributed by atoms with E-state index in [0.717, 1.165) is 36.6 Å². The highest BCUT2D eigenvalue weighted by molar-refractivity contribution is 7.99. The largest absolute Gasteiger partial charge is 0.389 e. The van der Waals surface area contributed by atoms with Crippen molar-refractivity contribution in [3.8, 4) is 0 Å². The number of nitrogens with zero attached hydrogens (tertiary/aromatic N) is 2. The zero-order valence-corrected chi connectivity index (χ0v) is 11.4. The van der Waals surface area contributed by atoms with Crippen LogP contribution in [0.2, 0.25) is 0 Å². The van der Waals surface area contributed by atoms with Crippen LogP contribution < -0.4 is 5.32 Å². The fourth-order valence-corrected chi connectivity index (χ4v) is 3.43. The summed E-state index contributed by atoms with van der Waals surface area (Å²) in [5.41, 5.74) is 1.77. The number of hydrogen-bond acceptors (Lipinski definition) is 4. The first-order valence-electron chi connectivity index (χ1n) is 6.09. The molecule has 2 N–H and O–H groups in total. The minimum absolute atomic E-state index is 0.499. The summed E-state index contributed by atoms with van der Waals surface area (Å²) in [6.07, 6.45) is 3.83. The molecule has 1 aromatic rings. The Morgan fingerprint density at radius 3 is 2.82 bits per heavy atom. The summed E-state index contributed by atoms with van der Waals surface area (Å²) in [6.45, 7) is 3.49. The Morgan fingerprint density at radius 2 is 2.24 bits per heavy atom. The molecule has 2 heterocycles. The van der Waals surface area contributed by atoms with Gasteiger partial charge in [-0.15, -0.1) is 0 Å². The number of aromatic nitrogens is 2. The lowest BCUT2D eigenvalue weighted by Gasteiger charge is -2.31. The monoisotopic (exact) mass is 255 g/mol. The third-order valence-electron chi connectivity index (χ3n) is 3.31. The van der Waals surface area contributed by atoms with E-state index in [9.17, 15) is 5.11 Å². The molecular formula is C12H21N3OS. The highest BCUT2D eigenvalue weighted by Gasteiger charge is 2.28. The summed E-state index contributed by atoms with van der Waals surface area (Å²) in [5, 5.41) is 18.0. The maximum absolute atomic E-state index is 10.3. The lowest BCUT2D eigenvalue weighted by atomic mass is 9.97. The maximum atomic E-state index is 10.3. The smallest absolute Gasteiger partial charge is 0.0787 e. The summed E-state index contributed by atoms with van der Waals surface area (Å²) >= 11 is 1.93. The lowest BCUT2D eigenvalue weighted by Crippen LogP contribution is -2.43. The summed E-state index contributed by atoms with van der Waals surface area (Å²) in [4.78, 5) is 0. The van der Waals surface area contributed by atoms with Gasteiger partial charge in [0.05, 0.1) is 11.3 Å². The van der Waals surface area contributed by atoms with Crippen LogP contribution in [0, 0.1) is 6.92 Å². The van der Waals surface area contributed by atoms with Crippen LogP contribution in [0.5, 0.6) is 0 Å². The number of aryl methyl sites for hydroxylation is 2. The third-order valence-corrected chi connectivity index (χ3v) is 4.29. The van der Waals surface area contributed by atoms with E-state index < -0.39 is 5.60 Å². The van der Waals surface area contributed by atoms with Crippen molar-refractivity contribution in [1.82, 2.24) is 15.1 Å². The molecule has 0 amide bonds. The molecule has 1 aliphatic heterocycles. The van der Waals surface area contributed by atoms with Gasteiger partial charge < -0.3 is 10.4 Å². The molecule has 1 aromatic heterocycles. The maximum Gasteiger partial charge on any atom is 0.0787 e. The molecule has 0 saturated carbocycles. The van der Waals surface area contributed by atoms with Crippen molar-refractivity contribution in [2.75, 3.05) is 18.1 Å². The zero-order valence-electron chi connectivity index (χ0n) is 10.6. The van der Waals surface area contributed by atoms with E-state index >= 15 is 0 Å². The van der Waals surface area contributed by atoms with E-state index in [1.165, 1.54) is 5.56 Å². The van der Waals surface area contributed by atoms with Crippen LogP contribution >= 0.6 is 11.8 Å². The van der Waals surface area contributed by atoms with E-state index in [1.54, 1.807) is 0 Å². The van der Waals surface area contributed by atoms with Crippen molar-refractivity contribution < 1.29 is 5.11 Å². The molecule has 0 aliphatic carbocycles. The molecule has 0 atom stereocenters. The Morgan fingerprint density at radius 1 is 1.53 bits per heavy atom. The third kappa shape index (κ3) is 3.47. The fraction of sp³-hybridized carbons (Fsp3) is 0.750. The normalized spacial score (nSPS) is 19.5. The van der Waals surface area contributed by atoms with E-state index in [-0.39, 0.29) is 0 Å². The Bertz CT molecular complexity index is 372. The first-order valence-corrected chi connectivity index (χ1v) is 7.24. The molecule has 1 fully saturated rings. The molecule has 17 heavy (non-hydrogen) atoms. The summed E-state index contributed by atoms with van der Waals surface area (Å²) in [6, 6.07) is 0. The van der Waals surface area contributed by atoms with Crippen molar-refractivity contribution in [2.45, 2.75) is 31.9 Å². The van der Waals surface area contributed by atoms with Crippen LogP contribution in [0.1, 0.15) is 24.1 Å². The van der Waals surface area contributed by atoms with E-state index in [2.05, 4.69) is 10.4 Å². The molecule has 1 aliphatic rings. The van der Waals surface area contributed by atoms with Crippen LogP contribution in [0.15, 0.2) is 6.20 Å². The number of nitrogens with one attached hydrogen (secondary N) is 1. The second-order valence-electron chi connectivity index (χ2n) is 4.85. The number of thioether (sulfide) groups is 1. The second kappa shape index (κ2) is 5.42. The topological polar surface area (TPSA) is 50.1 Å². The van der Waals surface area contributed by atoms with Crippen LogP contribution in [0.25, 0.3) is 0 Å². The van der Waals surface area contributed by atoms with Crippen molar-refractivity contribution >= 4 is 11.8 Å². The van der Waals surface area contributed by atoms with E-state index in [0.29, 0.717) is 6.54 Å². The number of aliphatic hydroxyl groups is 1. The number of rotatable bonds is 4. The molecule has 0 bridgehead atoms. The summed E-state index contributed by atoms with van der Waals surface area (Å²) in [5.74, 6) is 2.15. The van der Waals surface area contributed by atoms with Gasteiger partial charge in [0.15, 0.2) is 0 Å². The van der Waals surface area contributed by atoms with Gasteiger partial charge in [0.25, 0.3) is 0 Å². The molecule has 1 saturated heterocycles. The molecule has 2 rings (SSSR count). The predicted molar refractivity (Wildman–Crippen MR) is 71.2 cm³/mol. The fourth-order valence-electron chi connectivity index (χ4n) is 2.18. The molecular weight excluding hydrogens is 234 g/mol. The second-order valence-corrected chi connectivity index (χ2v) is 6.08.